The molecule has 3 nitrogen and oxygen atoms in total. The number of ether oxygens (including phenoxy) is 1. The highest BCUT2D eigenvalue weighted by atomic mass is 79.9. The van der Waals surface area contributed by atoms with Crippen LogP contribution in [0.25, 0.3) is 0 Å². The van der Waals surface area contributed by atoms with Gasteiger partial charge in [-0.05, 0) is 34.5 Å². The summed E-state index contributed by atoms with van der Waals surface area (Å²) in [6.07, 6.45) is 0.943. The summed E-state index contributed by atoms with van der Waals surface area (Å²) in [5, 5.41) is 2.73. The Morgan fingerprint density at radius 3 is 3.06 bits per heavy atom. The molecule has 1 unspecified atom stereocenters. The standard InChI is InChI=1S/C12H13BrFNO2/c13-9-2-1-3-10(14)11(9)12(16)15-6-8-4-5-17-7-8/h1-3,8H,4-7H2,(H,15,16). The Morgan fingerprint density at radius 2 is 2.41 bits per heavy atom. The SMILES string of the molecule is O=C(NCC1CCOC1)c1c(F)cccc1Br. The Labute approximate surface area is 107 Å². The molecule has 1 saturated heterocycles. The van der Waals surface area contributed by atoms with Gasteiger partial charge in [0.05, 0.1) is 12.2 Å². The Hall–Kier alpha value is -0.940. The lowest BCUT2D eigenvalue weighted by Gasteiger charge is -2.10. The van der Waals surface area contributed by atoms with Crippen LogP contribution in [0, 0.1) is 11.7 Å². The van der Waals surface area contributed by atoms with Gasteiger partial charge in [-0.3, -0.25) is 4.79 Å². The van der Waals surface area contributed by atoms with Crippen LogP contribution in [0.1, 0.15) is 16.8 Å². The van der Waals surface area contributed by atoms with Crippen LogP contribution < -0.4 is 5.32 Å². The lowest BCUT2D eigenvalue weighted by atomic mass is 10.1. The number of hydrogen-bond donors (Lipinski definition) is 1. The first kappa shape index (κ1) is 12.5. The predicted octanol–water partition coefficient (Wildman–Crippen LogP) is 2.35. The van der Waals surface area contributed by atoms with Crippen molar-refractivity contribution in [3.05, 3.63) is 34.1 Å². The number of hydrogen-bond acceptors (Lipinski definition) is 2. The van der Waals surface area contributed by atoms with E-state index in [0.29, 0.717) is 23.5 Å². The molecule has 1 atom stereocenters. The van der Waals surface area contributed by atoms with Crippen molar-refractivity contribution >= 4 is 21.8 Å². The van der Waals surface area contributed by atoms with Gasteiger partial charge in [0.1, 0.15) is 5.82 Å². The molecule has 1 aliphatic heterocycles. The third kappa shape index (κ3) is 3.04. The molecule has 2 rings (SSSR count). The molecule has 1 aromatic rings. The average Bonchev–Trinajstić information content (AvgIpc) is 2.79. The molecule has 1 N–H and O–H groups in total. The van der Waals surface area contributed by atoms with Gasteiger partial charge >= 0.3 is 0 Å². The maximum atomic E-state index is 13.5. The zero-order valence-corrected chi connectivity index (χ0v) is 10.8. The Kier molecular flexibility index (Phi) is 4.12. The molecular weight excluding hydrogens is 289 g/mol. The van der Waals surface area contributed by atoms with Crippen molar-refractivity contribution in [1.82, 2.24) is 5.32 Å². The number of halogens is 2. The summed E-state index contributed by atoms with van der Waals surface area (Å²) in [4.78, 5) is 11.8. The summed E-state index contributed by atoms with van der Waals surface area (Å²) in [5.74, 6) is -0.564. The van der Waals surface area contributed by atoms with Crippen molar-refractivity contribution in [1.29, 1.82) is 0 Å². The summed E-state index contributed by atoms with van der Waals surface area (Å²) < 4.78 is 19.2. The van der Waals surface area contributed by atoms with Crippen molar-refractivity contribution in [3.63, 3.8) is 0 Å². The molecule has 1 amide bonds. The summed E-state index contributed by atoms with van der Waals surface area (Å²) in [7, 11) is 0. The normalized spacial score (nSPS) is 19.3. The maximum absolute atomic E-state index is 13.5. The molecule has 0 saturated carbocycles. The minimum Gasteiger partial charge on any atom is -0.381 e. The van der Waals surface area contributed by atoms with E-state index in [1.54, 1.807) is 12.1 Å². The maximum Gasteiger partial charge on any atom is 0.255 e. The molecule has 1 heterocycles. The molecule has 0 aromatic heterocycles. The molecule has 0 bridgehead atoms. The second kappa shape index (κ2) is 5.60. The molecular formula is C12H13BrFNO2. The van der Waals surface area contributed by atoms with E-state index in [1.807, 2.05) is 0 Å². The quantitative estimate of drug-likeness (QED) is 0.931. The van der Waals surface area contributed by atoms with Crippen LogP contribution in [-0.4, -0.2) is 25.7 Å². The van der Waals surface area contributed by atoms with E-state index >= 15 is 0 Å². The highest BCUT2D eigenvalue weighted by Crippen LogP contribution is 2.19. The van der Waals surface area contributed by atoms with Crippen LogP contribution in [0.3, 0.4) is 0 Å². The van der Waals surface area contributed by atoms with Gasteiger partial charge in [0.15, 0.2) is 0 Å². The molecule has 0 radical (unpaired) electrons. The van der Waals surface area contributed by atoms with Gasteiger partial charge in [0.2, 0.25) is 0 Å². The summed E-state index contributed by atoms with van der Waals surface area (Å²) >= 11 is 3.18. The number of carbonyl (C=O) groups is 1. The molecule has 5 heteroatoms. The Balaban J connectivity index is 1.99. The fraction of sp³-hybridized carbons (Fsp3) is 0.417. The zero-order chi connectivity index (χ0) is 12.3. The van der Waals surface area contributed by atoms with Crippen molar-refractivity contribution in [2.75, 3.05) is 19.8 Å². The Morgan fingerprint density at radius 1 is 1.59 bits per heavy atom. The molecule has 1 fully saturated rings. The van der Waals surface area contributed by atoms with Gasteiger partial charge in [0.25, 0.3) is 5.91 Å². The topological polar surface area (TPSA) is 38.3 Å². The van der Waals surface area contributed by atoms with Gasteiger partial charge < -0.3 is 10.1 Å². The third-order valence-electron chi connectivity index (χ3n) is 2.77. The predicted molar refractivity (Wildman–Crippen MR) is 65.4 cm³/mol. The highest BCUT2D eigenvalue weighted by molar-refractivity contribution is 9.10. The van der Waals surface area contributed by atoms with E-state index in [1.165, 1.54) is 6.07 Å². The number of carbonyl (C=O) groups excluding carboxylic acids is 1. The van der Waals surface area contributed by atoms with Gasteiger partial charge in [0, 0.05) is 23.5 Å². The Bertz CT molecular complexity index is 399. The van der Waals surface area contributed by atoms with Gasteiger partial charge in [-0.15, -0.1) is 0 Å². The molecule has 17 heavy (non-hydrogen) atoms. The number of rotatable bonds is 3. The molecule has 92 valence electrons. The van der Waals surface area contributed by atoms with Crippen molar-refractivity contribution in [2.45, 2.75) is 6.42 Å². The first-order chi connectivity index (χ1) is 8.18. The van der Waals surface area contributed by atoms with E-state index in [2.05, 4.69) is 21.2 Å². The van der Waals surface area contributed by atoms with Gasteiger partial charge in [-0.2, -0.15) is 0 Å². The van der Waals surface area contributed by atoms with Crippen LogP contribution in [-0.2, 0) is 4.74 Å². The van der Waals surface area contributed by atoms with E-state index < -0.39 is 5.82 Å². The highest BCUT2D eigenvalue weighted by Gasteiger charge is 2.19. The third-order valence-corrected chi connectivity index (χ3v) is 3.43. The van der Waals surface area contributed by atoms with Crippen LogP contribution in [0.4, 0.5) is 4.39 Å². The van der Waals surface area contributed by atoms with E-state index in [9.17, 15) is 9.18 Å². The molecule has 1 aromatic carbocycles. The lowest BCUT2D eigenvalue weighted by molar-refractivity contribution is 0.0940. The smallest absolute Gasteiger partial charge is 0.255 e. The zero-order valence-electron chi connectivity index (χ0n) is 9.21. The van der Waals surface area contributed by atoms with Gasteiger partial charge in [-0.1, -0.05) is 6.07 Å². The first-order valence-electron chi connectivity index (χ1n) is 5.48. The summed E-state index contributed by atoms with van der Waals surface area (Å²) in [6, 6.07) is 4.48. The van der Waals surface area contributed by atoms with Gasteiger partial charge in [-0.25, -0.2) is 4.39 Å². The fourth-order valence-corrected chi connectivity index (χ4v) is 2.31. The number of nitrogens with one attached hydrogen (secondary N) is 1. The number of benzene rings is 1. The molecule has 1 aliphatic rings. The monoisotopic (exact) mass is 301 g/mol. The fourth-order valence-electron chi connectivity index (χ4n) is 1.78. The average molecular weight is 302 g/mol. The molecule has 0 spiro atoms. The second-order valence-electron chi connectivity index (χ2n) is 4.04. The van der Waals surface area contributed by atoms with Crippen LogP contribution in [0.2, 0.25) is 0 Å². The minimum atomic E-state index is -0.514. The van der Waals surface area contributed by atoms with E-state index in [4.69, 9.17) is 4.74 Å². The van der Waals surface area contributed by atoms with Crippen molar-refractivity contribution in [3.8, 4) is 0 Å². The first-order valence-corrected chi connectivity index (χ1v) is 6.27. The summed E-state index contributed by atoms with van der Waals surface area (Å²) in [5.41, 5.74) is 0.0615. The van der Waals surface area contributed by atoms with Crippen LogP contribution in [0.15, 0.2) is 22.7 Å². The summed E-state index contributed by atoms with van der Waals surface area (Å²) in [6.45, 7) is 1.93. The molecule has 0 aliphatic carbocycles. The van der Waals surface area contributed by atoms with E-state index in [0.717, 1.165) is 13.0 Å². The minimum absolute atomic E-state index is 0.0615. The second-order valence-corrected chi connectivity index (χ2v) is 4.89. The van der Waals surface area contributed by atoms with Crippen molar-refractivity contribution in [2.24, 2.45) is 5.92 Å². The van der Waals surface area contributed by atoms with Crippen molar-refractivity contribution < 1.29 is 13.9 Å². The number of amides is 1. The largest absolute Gasteiger partial charge is 0.381 e. The lowest BCUT2D eigenvalue weighted by Crippen LogP contribution is -2.30. The van der Waals surface area contributed by atoms with Crippen LogP contribution >= 0.6 is 15.9 Å². The van der Waals surface area contributed by atoms with Crippen LogP contribution in [0.5, 0.6) is 0 Å². The van der Waals surface area contributed by atoms with E-state index in [-0.39, 0.29) is 11.5 Å².